The lowest BCUT2D eigenvalue weighted by Crippen LogP contribution is -2.20. The quantitative estimate of drug-likeness (QED) is 0.354. The topological polar surface area (TPSA) is 113 Å². The summed E-state index contributed by atoms with van der Waals surface area (Å²) in [6.07, 6.45) is -0.221. The predicted octanol–water partition coefficient (Wildman–Crippen LogP) is 3.73. The van der Waals surface area contributed by atoms with E-state index in [1.54, 1.807) is 6.07 Å². The summed E-state index contributed by atoms with van der Waals surface area (Å²) in [6, 6.07) is 15.8. The van der Waals surface area contributed by atoms with Gasteiger partial charge in [-0.2, -0.15) is 0 Å². The van der Waals surface area contributed by atoms with Crippen LogP contribution in [0.2, 0.25) is 0 Å². The van der Waals surface area contributed by atoms with Crippen LogP contribution in [0.25, 0.3) is 0 Å². The van der Waals surface area contributed by atoms with Crippen molar-refractivity contribution >= 4 is 11.8 Å². The molecular weight excluding hydrogens is 376 g/mol. The summed E-state index contributed by atoms with van der Waals surface area (Å²) in [5, 5.41) is 28.4. The number of hydrogen-bond donors (Lipinski definition) is 3. The van der Waals surface area contributed by atoms with Gasteiger partial charge < -0.3 is 24.8 Å². The van der Waals surface area contributed by atoms with Crippen LogP contribution in [0.4, 0.5) is 0 Å². The van der Waals surface area contributed by atoms with Crippen LogP contribution in [0.3, 0.4) is 0 Å². The van der Waals surface area contributed by atoms with E-state index in [1.165, 1.54) is 12.1 Å². The third kappa shape index (κ3) is 3.58. The van der Waals surface area contributed by atoms with Crippen molar-refractivity contribution in [1.82, 2.24) is 0 Å². The van der Waals surface area contributed by atoms with Crippen molar-refractivity contribution in [2.45, 2.75) is 12.5 Å². The average Bonchev–Trinajstić information content (AvgIpc) is 2.72. The summed E-state index contributed by atoms with van der Waals surface area (Å²) < 4.78 is 11.1. The molecule has 1 aliphatic heterocycles. The summed E-state index contributed by atoms with van der Waals surface area (Å²) in [5.41, 5.74) is 1.04. The Morgan fingerprint density at radius 3 is 2.34 bits per heavy atom. The minimum atomic E-state index is -0.873. The number of carbonyl (C=O) groups is 2. The molecule has 0 aliphatic carbocycles. The van der Waals surface area contributed by atoms with Crippen molar-refractivity contribution in [3.8, 4) is 28.7 Å². The second-order valence-corrected chi connectivity index (χ2v) is 6.56. The minimum absolute atomic E-state index is 0.107. The highest BCUT2D eigenvalue weighted by Crippen LogP contribution is 2.38. The van der Waals surface area contributed by atoms with Gasteiger partial charge >= 0.3 is 5.97 Å². The monoisotopic (exact) mass is 392 g/mol. The number of fused-ring (bicyclic) bond motifs is 1. The molecule has 7 heteroatoms. The highest BCUT2D eigenvalue weighted by Gasteiger charge is 2.28. The minimum Gasteiger partial charge on any atom is -0.504 e. The first kappa shape index (κ1) is 18.4. The van der Waals surface area contributed by atoms with Crippen molar-refractivity contribution in [3.63, 3.8) is 0 Å². The lowest BCUT2D eigenvalue weighted by molar-refractivity contribution is 0.0729. The number of phenols is 3. The normalized spacial score (nSPS) is 15.3. The molecule has 0 bridgehead atoms. The van der Waals surface area contributed by atoms with E-state index in [4.69, 9.17) is 9.47 Å². The number of aromatic hydroxyl groups is 3. The number of esters is 1. The second kappa shape index (κ2) is 7.20. The number of ether oxygens (including phenoxy) is 2. The van der Waals surface area contributed by atoms with Gasteiger partial charge in [-0.3, -0.25) is 4.79 Å². The molecule has 3 aromatic rings. The van der Waals surface area contributed by atoms with E-state index in [-0.39, 0.29) is 29.6 Å². The van der Waals surface area contributed by atoms with Gasteiger partial charge in [0.2, 0.25) is 0 Å². The average molecular weight is 392 g/mol. The number of hydrogen-bond acceptors (Lipinski definition) is 7. The second-order valence-electron chi connectivity index (χ2n) is 6.56. The summed E-state index contributed by atoms with van der Waals surface area (Å²) in [7, 11) is 0. The molecule has 29 heavy (non-hydrogen) atoms. The van der Waals surface area contributed by atoms with Crippen molar-refractivity contribution in [3.05, 3.63) is 77.4 Å². The third-order valence-corrected chi connectivity index (χ3v) is 4.58. The van der Waals surface area contributed by atoms with Crippen LogP contribution in [0.15, 0.2) is 60.7 Å². The van der Waals surface area contributed by atoms with E-state index in [0.717, 1.165) is 17.7 Å². The Morgan fingerprint density at radius 2 is 1.66 bits per heavy atom. The van der Waals surface area contributed by atoms with E-state index in [2.05, 4.69) is 0 Å². The molecule has 0 fully saturated rings. The maximum atomic E-state index is 12.6. The highest BCUT2D eigenvalue weighted by atomic mass is 16.5. The molecule has 7 nitrogen and oxygen atoms in total. The maximum Gasteiger partial charge on any atom is 0.343 e. The number of benzene rings is 3. The van der Waals surface area contributed by atoms with Crippen LogP contribution >= 0.6 is 0 Å². The molecule has 0 aromatic heterocycles. The number of Topliss-reactive ketones (excluding diaryl/α,β-unsaturated/α-hetero) is 1. The molecule has 0 saturated heterocycles. The van der Waals surface area contributed by atoms with Gasteiger partial charge in [-0.1, -0.05) is 30.3 Å². The predicted molar refractivity (Wildman–Crippen MR) is 102 cm³/mol. The van der Waals surface area contributed by atoms with Gasteiger partial charge in [0.15, 0.2) is 23.0 Å². The first-order valence-electron chi connectivity index (χ1n) is 8.78. The fraction of sp³-hybridized carbons (Fsp3) is 0.0909. The fourth-order valence-electron chi connectivity index (χ4n) is 3.11. The lowest BCUT2D eigenvalue weighted by atomic mass is 9.96. The van der Waals surface area contributed by atoms with Crippen LogP contribution in [-0.2, 0) is 0 Å². The molecule has 1 heterocycles. The molecule has 1 atom stereocenters. The van der Waals surface area contributed by atoms with Crippen molar-refractivity contribution < 1.29 is 34.4 Å². The van der Waals surface area contributed by atoms with Gasteiger partial charge in [-0.25, -0.2) is 4.79 Å². The van der Waals surface area contributed by atoms with E-state index in [0.29, 0.717) is 11.3 Å². The van der Waals surface area contributed by atoms with Crippen molar-refractivity contribution in [2.24, 2.45) is 0 Å². The van der Waals surface area contributed by atoms with Crippen molar-refractivity contribution in [1.29, 1.82) is 0 Å². The van der Waals surface area contributed by atoms with Crippen LogP contribution in [0.1, 0.15) is 38.8 Å². The first-order valence-corrected chi connectivity index (χ1v) is 8.78. The third-order valence-electron chi connectivity index (χ3n) is 4.58. The van der Waals surface area contributed by atoms with Gasteiger partial charge in [-0.15, -0.1) is 0 Å². The zero-order valence-electron chi connectivity index (χ0n) is 15.0. The summed E-state index contributed by atoms with van der Waals surface area (Å²) in [6.45, 7) is 0. The Bertz CT molecular complexity index is 1080. The smallest absolute Gasteiger partial charge is 0.343 e. The van der Waals surface area contributed by atoms with Gasteiger partial charge in [0, 0.05) is 0 Å². The molecule has 0 saturated carbocycles. The van der Waals surface area contributed by atoms with Crippen LogP contribution in [-0.4, -0.2) is 27.1 Å². The Kier molecular flexibility index (Phi) is 4.56. The van der Waals surface area contributed by atoms with E-state index >= 15 is 0 Å². The molecule has 4 rings (SSSR count). The van der Waals surface area contributed by atoms with E-state index < -0.39 is 23.2 Å². The SMILES string of the molecule is O=C(Oc1ccc2c(c1)C(=O)CC(c1ccccc1)O2)c1cc(O)c(O)c(O)c1. The summed E-state index contributed by atoms with van der Waals surface area (Å²) in [4.78, 5) is 24.9. The number of rotatable bonds is 3. The van der Waals surface area contributed by atoms with E-state index in [9.17, 15) is 24.9 Å². The Morgan fingerprint density at radius 1 is 0.966 bits per heavy atom. The summed E-state index contributed by atoms with van der Waals surface area (Å²) >= 11 is 0. The van der Waals surface area contributed by atoms with Gasteiger partial charge in [-0.05, 0) is 35.9 Å². The van der Waals surface area contributed by atoms with E-state index in [1.807, 2.05) is 30.3 Å². The van der Waals surface area contributed by atoms with Gasteiger partial charge in [0.1, 0.15) is 17.6 Å². The van der Waals surface area contributed by atoms with Crippen LogP contribution < -0.4 is 9.47 Å². The molecule has 0 radical (unpaired) electrons. The molecular formula is C22H16O7. The summed E-state index contributed by atoms with van der Waals surface area (Å²) in [5.74, 6) is -2.55. The Balaban J connectivity index is 1.55. The zero-order chi connectivity index (χ0) is 20.5. The molecule has 3 N–H and O–H groups in total. The van der Waals surface area contributed by atoms with Crippen LogP contribution in [0, 0.1) is 0 Å². The molecule has 1 aliphatic rings. The fourth-order valence-corrected chi connectivity index (χ4v) is 3.11. The standard InChI is InChI=1S/C22H16O7/c23-16-11-20(12-4-2-1-3-5-12)29-19-7-6-14(10-15(16)19)28-22(27)13-8-17(24)21(26)18(25)9-13/h1-10,20,24-26H,11H2. The molecule has 3 aromatic carbocycles. The molecule has 146 valence electrons. The lowest BCUT2D eigenvalue weighted by Gasteiger charge is -2.25. The number of ketones is 1. The largest absolute Gasteiger partial charge is 0.504 e. The Hall–Kier alpha value is -4.00. The van der Waals surface area contributed by atoms with Crippen molar-refractivity contribution in [2.75, 3.05) is 0 Å². The molecule has 0 amide bonds. The highest BCUT2D eigenvalue weighted by molar-refractivity contribution is 6.00. The zero-order valence-corrected chi connectivity index (χ0v) is 15.0. The van der Waals surface area contributed by atoms with Gasteiger partial charge in [0.05, 0.1) is 17.5 Å². The van der Waals surface area contributed by atoms with Gasteiger partial charge in [0.25, 0.3) is 0 Å². The number of carbonyl (C=O) groups excluding carboxylic acids is 2. The first-order chi connectivity index (χ1) is 13.9. The number of phenolic OH excluding ortho intramolecular Hbond substituents is 3. The van der Waals surface area contributed by atoms with Crippen LogP contribution in [0.5, 0.6) is 28.7 Å². The Labute approximate surface area is 165 Å². The molecule has 1 unspecified atom stereocenters. The molecule has 0 spiro atoms. The maximum absolute atomic E-state index is 12.6.